The summed E-state index contributed by atoms with van der Waals surface area (Å²) in [6.45, 7) is 3.80. The standard InChI is InChI=1S/C22H24N4O3S/c1-16(27)26(19-5-3-2-4-6-19)22-23-18(15-30-22)9-10-20(28)24-11-13-25(14-12-24)21(29)17-7-8-17/h2-6,9-10,15,17H,7-8,11-14H2,1H3/b10-9+. The molecule has 8 heteroatoms. The molecule has 0 spiro atoms. The third-order valence-corrected chi connectivity index (χ3v) is 6.10. The van der Waals surface area contributed by atoms with Crippen molar-refractivity contribution in [3.8, 4) is 0 Å². The molecule has 0 radical (unpaired) electrons. The van der Waals surface area contributed by atoms with E-state index in [1.165, 1.54) is 24.3 Å². The first kappa shape index (κ1) is 20.3. The smallest absolute Gasteiger partial charge is 0.246 e. The first-order valence-electron chi connectivity index (χ1n) is 10.1. The van der Waals surface area contributed by atoms with Crippen LogP contribution in [-0.2, 0) is 14.4 Å². The van der Waals surface area contributed by atoms with Gasteiger partial charge in [-0.15, -0.1) is 11.3 Å². The van der Waals surface area contributed by atoms with Crippen LogP contribution in [0.5, 0.6) is 0 Å². The molecule has 1 aliphatic heterocycles. The largest absolute Gasteiger partial charge is 0.339 e. The van der Waals surface area contributed by atoms with Crippen molar-refractivity contribution in [2.45, 2.75) is 19.8 Å². The van der Waals surface area contributed by atoms with Crippen LogP contribution in [0, 0.1) is 5.92 Å². The van der Waals surface area contributed by atoms with Crippen molar-refractivity contribution in [1.82, 2.24) is 14.8 Å². The van der Waals surface area contributed by atoms with Crippen molar-refractivity contribution in [2.75, 3.05) is 31.1 Å². The lowest BCUT2D eigenvalue weighted by Crippen LogP contribution is -2.50. The summed E-state index contributed by atoms with van der Waals surface area (Å²) in [6, 6.07) is 9.35. The van der Waals surface area contributed by atoms with Crippen molar-refractivity contribution in [3.05, 3.63) is 47.5 Å². The molecule has 1 aromatic carbocycles. The second kappa shape index (κ2) is 8.79. The molecule has 1 saturated heterocycles. The van der Waals surface area contributed by atoms with Gasteiger partial charge >= 0.3 is 0 Å². The van der Waals surface area contributed by atoms with Gasteiger partial charge in [0, 0.05) is 50.5 Å². The van der Waals surface area contributed by atoms with E-state index in [0.717, 1.165) is 18.5 Å². The highest BCUT2D eigenvalue weighted by Crippen LogP contribution is 2.31. The summed E-state index contributed by atoms with van der Waals surface area (Å²) >= 11 is 1.35. The SMILES string of the molecule is CC(=O)N(c1ccccc1)c1nc(/C=C/C(=O)N2CCN(C(=O)C3CC3)CC2)cs1. The summed E-state index contributed by atoms with van der Waals surface area (Å²) < 4.78 is 0. The number of rotatable bonds is 5. The molecule has 0 N–H and O–H groups in total. The summed E-state index contributed by atoms with van der Waals surface area (Å²) in [5, 5.41) is 2.39. The van der Waals surface area contributed by atoms with Crippen molar-refractivity contribution < 1.29 is 14.4 Å². The highest BCUT2D eigenvalue weighted by atomic mass is 32.1. The van der Waals surface area contributed by atoms with E-state index in [2.05, 4.69) is 4.98 Å². The summed E-state index contributed by atoms with van der Waals surface area (Å²) in [5.74, 6) is 0.243. The van der Waals surface area contributed by atoms with Gasteiger partial charge in [-0.3, -0.25) is 19.3 Å². The third-order valence-electron chi connectivity index (χ3n) is 5.26. The number of hydrogen-bond acceptors (Lipinski definition) is 5. The molecule has 2 aromatic rings. The molecule has 2 aliphatic rings. The zero-order chi connectivity index (χ0) is 21.1. The first-order valence-corrected chi connectivity index (χ1v) is 11.0. The molecule has 1 aliphatic carbocycles. The van der Waals surface area contributed by atoms with Crippen molar-refractivity contribution in [1.29, 1.82) is 0 Å². The van der Waals surface area contributed by atoms with Gasteiger partial charge in [0.05, 0.1) is 11.4 Å². The van der Waals surface area contributed by atoms with Gasteiger partial charge in [-0.25, -0.2) is 4.98 Å². The van der Waals surface area contributed by atoms with Gasteiger partial charge in [-0.05, 0) is 31.1 Å². The average Bonchev–Trinajstić information content (AvgIpc) is 3.51. The van der Waals surface area contributed by atoms with E-state index in [-0.39, 0.29) is 23.6 Å². The van der Waals surface area contributed by atoms with E-state index < -0.39 is 0 Å². The van der Waals surface area contributed by atoms with Gasteiger partial charge in [-0.1, -0.05) is 18.2 Å². The molecule has 0 bridgehead atoms. The number of anilines is 2. The topological polar surface area (TPSA) is 73.8 Å². The Bertz CT molecular complexity index is 960. The number of amides is 3. The molecular formula is C22H24N4O3S. The Morgan fingerprint density at radius 3 is 2.37 bits per heavy atom. The lowest BCUT2D eigenvalue weighted by atomic mass is 10.2. The molecule has 30 heavy (non-hydrogen) atoms. The van der Waals surface area contributed by atoms with Crippen LogP contribution < -0.4 is 4.90 Å². The zero-order valence-corrected chi connectivity index (χ0v) is 17.7. The van der Waals surface area contributed by atoms with Crippen molar-refractivity contribution >= 4 is 46.0 Å². The highest BCUT2D eigenvalue weighted by molar-refractivity contribution is 7.14. The molecule has 1 saturated carbocycles. The molecule has 2 fully saturated rings. The first-order chi connectivity index (χ1) is 14.5. The van der Waals surface area contributed by atoms with Crippen molar-refractivity contribution in [2.24, 2.45) is 5.92 Å². The van der Waals surface area contributed by atoms with Crippen LogP contribution in [0.3, 0.4) is 0 Å². The van der Waals surface area contributed by atoms with E-state index in [1.54, 1.807) is 15.9 Å². The third kappa shape index (κ3) is 4.59. The molecule has 7 nitrogen and oxygen atoms in total. The molecule has 0 atom stereocenters. The van der Waals surface area contributed by atoms with E-state index in [1.807, 2.05) is 40.6 Å². The van der Waals surface area contributed by atoms with Crippen LogP contribution in [0.2, 0.25) is 0 Å². The fraction of sp³-hybridized carbons (Fsp3) is 0.364. The van der Waals surface area contributed by atoms with Gasteiger partial charge in [0.25, 0.3) is 0 Å². The highest BCUT2D eigenvalue weighted by Gasteiger charge is 2.34. The maximum Gasteiger partial charge on any atom is 0.246 e. The predicted molar refractivity (Wildman–Crippen MR) is 116 cm³/mol. The lowest BCUT2D eigenvalue weighted by Gasteiger charge is -2.34. The van der Waals surface area contributed by atoms with Gasteiger partial charge < -0.3 is 9.80 Å². The summed E-state index contributed by atoms with van der Waals surface area (Å²) in [4.78, 5) is 46.5. The van der Waals surface area contributed by atoms with Gasteiger partial charge in [0.15, 0.2) is 5.13 Å². The number of thiazole rings is 1. The number of aromatic nitrogens is 1. The fourth-order valence-electron chi connectivity index (χ4n) is 3.46. The molecule has 4 rings (SSSR count). The summed E-state index contributed by atoms with van der Waals surface area (Å²) in [6.07, 6.45) is 5.19. The Morgan fingerprint density at radius 2 is 1.73 bits per heavy atom. The monoisotopic (exact) mass is 424 g/mol. The maximum absolute atomic E-state index is 12.5. The molecular weight excluding hydrogens is 400 g/mol. The predicted octanol–water partition coefficient (Wildman–Crippen LogP) is 2.92. The van der Waals surface area contributed by atoms with Gasteiger partial charge in [0.2, 0.25) is 17.7 Å². The maximum atomic E-state index is 12.5. The second-order valence-electron chi connectivity index (χ2n) is 7.50. The summed E-state index contributed by atoms with van der Waals surface area (Å²) in [7, 11) is 0. The lowest BCUT2D eigenvalue weighted by molar-refractivity contribution is -0.138. The van der Waals surface area contributed by atoms with E-state index in [4.69, 9.17) is 0 Å². The normalized spacial score (nSPS) is 16.7. The molecule has 3 amide bonds. The van der Waals surface area contributed by atoms with E-state index in [9.17, 15) is 14.4 Å². The fourth-order valence-corrected chi connectivity index (χ4v) is 4.31. The number of carbonyl (C=O) groups excluding carboxylic acids is 3. The second-order valence-corrected chi connectivity index (χ2v) is 8.34. The summed E-state index contributed by atoms with van der Waals surface area (Å²) in [5.41, 5.74) is 1.39. The number of piperazine rings is 1. The van der Waals surface area contributed by atoms with Crippen LogP contribution in [0.4, 0.5) is 10.8 Å². The van der Waals surface area contributed by atoms with Gasteiger partial charge in [0.1, 0.15) is 0 Å². The van der Waals surface area contributed by atoms with Crippen LogP contribution >= 0.6 is 11.3 Å². The molecule has 156 valence electrons. The van der Waals surface area contributed by atoms with Crippen LogP contribution in [0.15, 0.2) is 41.8 Å². The Hall–Kier alpha value is -3.00. The molecule has 2 heterocycles. The number of carbonyl (C=O) groups is 3. The van der Waals surface area contributed by atoms with Crippen LogP contribution in [0.1, 0.15) is 25.5 Å². The minimum Gasteiger partial charge on any atom is -0.339 e. The quantitative estimate of drug-likeness (QED) is 0.692. The number of hydrogen-bond donors (Lipinski definition) is 0. The zero-order valence-electron chi connectivity index (χ0n) is 16.9. The minimum atomic E-state index is -0.124. The van der Waals surface area contributed by atoms with Crippen LogP contribution in [-0.4, -0.2) is 58.7 Å². The Kier molecular flexibility index (Phi) is 5.94. The van der Waals surface area contributed by atoms with Crippen molar-refractivity contribution in [3.63, 3.8) is 0 Å². The van der Waals surface area contributed by atoms with E-state index in [0.29, 0.717) is 37.0 Å². The Labute approximate surface area is 179 Å². The minimum absolute atomic E-state index is 0.0884. The Morgan fingerprint density at radius 1 is 1.07 bits per heavy atom. The molecule has 1 aromatic heterocycles. The number of para-hydroxylation sites is 1. The number of benzene rings is 1. The van der Waals surface area contributed by atoms with Gasteiger partial charge in [-0.2, -0.15) is 0 Å². The Balaban J connectivity index is 1.36. The van der Waals surface area contributed by atoms with E-state index >= 15 is 0 Å². The average molecular weight is 425 g/mol. The number of nitrogens with zero attached hydrogens (tertiary/aromatic N) is 4. The molecule has 0 unspecified atom stereocenters. The van der Waals surface area contributed by atoms with Crippen LogP contribution in [0.25, 0.3) is 6.08 Å².